The third kappa shape index (κ3) is 14.0. The van der Waals surface area contributed by atoms with E-state index in [2.05, 4.69) is 16.0 Å². The Morgan fingerprint density at radius 1 is 0.673 bits per heavy atom. The maximum absolute atomic E-state index is 13.8. The Balaban J connectivity index is 2.26. The first-order valence-corrected chi connectivity index (χ1v) is 16.6. The fourth-order valence-corrected chi connectivity index (χ4v) is 5.31. The number of ketones is 2. The lowest BCUT2D eigenvalue weighted by molar-refractivity contribution is -0.135. The molecule has 0 radical (unpaired) electrons. The molecule has 2 aromatic rings. The van der Waals surface area contributed by atoms with Crippen LogP contribution in [0.1, 0.15) is 75.2 Å². The van der Waals surface area contributed by atoms with Crippen LogP contribution >= 0.6 is 0 Å². The highest BCUT2D eigenvalue weighted by atomic mass is 16.2. The van der Waals surface area contributed by atoms with Gasteiger partial charge in [-0.15, -0.1) is 0 Å². The normalized spacial score (nSPS) is 14.1. The zero-order valence-corrected chi connectivity index (χ0v) is 28.5. The average Bonchev–Trinajstić information content (AvgIpc) is 3.06. The summed E-state index contributed by atoms with van der Waals surface area (Å²) in [7, 11) is 0. The third-order valence-corrected chi connectivity index (χ3v) is 8.17. The van der Waals surface area contributed by atoms with Gasteiger partial charge in [0, 0.05) is 30.2 Å². The number of benzene rings is 2. The van der Waals surface area contributed by atoms with Gasteiger partial charge in [0.15, 0.2) is 11.6 Å². The number of carbonyl (C=O) groups is 7. The summed E-state index contributed by atoms with van der Waals surface area (Å²) in [5, 5.41) is 7.95. The van der Waals surface area contributed by atoms with Crippen LogP contribution in [0.15, 0.2) is 60.7 Å². The number of primary amides is 2. The van der Waals surface area contributed by atoms with Gasteiger partial charge in [-0.3, -0.25) is 33.6 Å². The van der Waals surface area contributed by atoms with Gasteiger partial charge in [0.25, 0.3) is 5.91 Å². The summed E-state index contributed by atoms with van der Waals surface area (Å²) in [5.41, 5.74) is 17.7. The number of amides is 5. The third-order valence-electron chi connectivity index (χ3n) is 8.17. The number of hydrogen-bond acceptors (Lipinski definition) is 8. The first-order valence-electron chi connectivity index (χ1n) is 16.6. The molecule has 0 bridgehead atoms. The summed E-state index contributed by atoms with van der Waals surface area (Å²) in [6.45, 7) is 5.25. The summed E-state index contributed by atoms with van der Waals surface area (Å²) >= 11 is 0. The van der Waals surface area contributed by atoms with Gasteiger partial charge in [-0.1, -0.05) is 75.7 Å². The van der Waals surface area contributed by atoms with Crippen molar-refractivity contribution in [1.82, 2.24) is 16.0 Å². The van der Waals surface area contributed by atoms with Crippen LogP contribution in [-0.4, -0.2) is 65.8 Å². The molecule has 2 rings (SSSR count). The molecule has 0 aliphatic carbocycles. The smallest absolute Gasteiger partial charge is 0.251 e. The van der Waals surface area contributed by atoms with Crippen LogP contribution in [0, 0.1) is 17.8 Å². The molecule has 0 spiro atoms. The monoisotopic (exact) mass is 678 g/mol. The molecule has 266 valence electrons. The van der Waals surface area contributed by atoms with Crippen molar-refractivity contribution in [3.05, 3.63) is 71.8 Å². The minimum atomic E-state index is -1.36. The molecule has 0 fully saturated rings. The number of carbonyl (C=O) groups excluding carboxylic acids is 7. The van der Waals surface area contributed by atoms with Crippen molar-refractivity contribution in [3.63, 3.8) is 0 Å². The maximum Gasteiger partial charge on any atom is 0.251 e. The molecule has 13 heteroatoms. The van der Waals surface area contributed by atoms with E-state index in [0.717, 1.165) is 5.56 Å². The van der Waals surface area contributed by atoms with Crippen LogP contribution < -0.4 is 33.2 Å². The Morgan fingerprint density at radius 2 is 1.27 bits per heavy atom. The number of nitrogens with one attached hydrogen (secondary N) is 3. The van der Waals surface area contributed by atoms with E-state index in [1.54, 1.807) is 44.2 Å². The van der Waals surface area contributed by atoms with E-state index >= 15 is 0 Å². The zero-order valence-electron chi connectivity index (χ0n) is 28.5. The first-order chi connectivity index (χ1) is 23.2. The van der Waals surface area contributed by atoms with Gasteiger partial charge >= 0.3 is 0 Å². The molecule has 5 amide bonds. The second-order valence-corrected chi connectivity index (χ2v) is 12.7. The highest BCUT2D eigenvalue weighted by Gasteiger charge is 2.33. The van der Waals surface area contributed by atoms with E-state index in [-0.39, 0.29) is 31.6 Å². The van der Waals surface area contributed by atoms with Crippen molar-refractivity contribution in [2.45, 2.75) is 83.8 Å². The minimum Gasteiger partial charge on any atom is -0.370 e. The fourth-order valence-electron chi connectivity index (χ4n) is 5.31. The van der Waals surface area contributed by atoms with Crippen LogP contribution in [0.25, 0.3) is 0 Å². The van der Waals surface area contributed by atoms with Crippen molar-refractivity contribution in [3.8, 4) is 0 Å². The molecule has 13 nitrogen and oxygen atoms in total. The number of hydrogen-bond donors (Lipinski definition) is 6. The summed E-state index contributed by atoms with van der Waals surface area (Å²) in [5.74, 6) is -6.41. The lowest BCUT2D eigenvalue weighted by atomic mass is 9.89. The Bertz CT molecular complexity index is 1430. The molecule has 0 heterocycles. The lowest BCUT2D eigenvalue weighted by Gasteiger charge is -2.25. The summed E-state index contributed by atoms with van der Waals surface area (Å²) in [4.78, 5) is 90.4. The zero-order chi connectivity index (χ0) is 36.5. The molecule has 0 aliphatic heterocycles. The van der Waals surface area contributed by atoms with E-state index < -0.39 is 77.5 Å². The number of Topliss-reactive ketones (excluding diaryl/α,β-unsaturated/α-hetero) is 2. The number of nitrogens with two attached hydrogens (primary N) is 3. The Kier molecular flexibility index (Phi) is 16.8. The second-order valence-electron chi connectivity index (χ2n) is 12.7. The van der Waals surface area contributed by atoms with Crippen molar-refractivity contribution < 1.29 is 33.6 Å². The van der Waals surface area contributed by atoms with Crippen molar-refractivity contribution >= 4 is 41.1 Å². The van der Waals surface area contributed by atoms with Crippen LogP contribution in [0.5, 0.6) is 0 Å². The SMILES string of the molecule is CC(CC(=O)[C@H](CC(N)=O)NC(=O)[C@H](CCCCN)CC(=O)[C@H](Cc1ccccc1)NC(=O)c1ccccc1)C(=O)N[C@H](C(N)=O)C(C)C. The molecular weight excluding hydrogens is 628 g/mol. The predicted octanol–water partition coefficient (Wildman–Crippen LogP) is 1.31. The van der Waals surface area contributed by atoms with Crippen LogP contribution in [0.2, 0.25) is 0 Å². The molecule has 0 saturated heterocycles. The summed E-state index contributed by atoms with van der Waals surface area (Å²) in [6, 6.07) is 14.3. The Morgan fingerprint density at radius 3 is 1.82 bits per heavy atom. The van der Waals surface area contributed by atoms with E-state index in [9.17, 15) is 33.6 Å². The summed E-state index contributed by atoms with van der Waals surface area (Å²) in [6.07, 6.45) is 0.365. The second kappa shape index (κ2) is 20.5. The van der Waals surface area contributed by atoms with E-state index in [4.69, 9.17) is 17.2 Å². The van der Waals surface area contributed by atoms with Gasteiger partial charge in [0.2, 0.25) is 23.6 Å². The highest BCUT2D eigenvalue weighted by Crippen LogP contribution is 2.19. The van der Waals surface area contributed by atoms with E-state index in [1.165, 1.54) is 6.92 Å². The molecule has 49 heavy (non-hydrogen) atoms. The van der Waals surface area contributed by atoms with Gasteiger partial charge in [0.05, 0.1) is 18.5 Å². The van der Waals surface area contributed by atoms with Crippen molar-refractivity contribution in [1.29, 1.82) is 0 Å². The number of rotatable bonds is 22. The van der Waals surface area contributed by atoms with Crippen LogP contribution in [0.3, 0.4) is 0 Å². The maximum atomic E-state index is 13.8. The molecule has 0 aromatic heterocycles. The Labute approximate surface area is 287 Å². The van der Waals surface area contributed by atoms with Crippen molar-refractivity contribution in [2.24, 2.45) is 35.0 Å². The largest absolute Gasteiger partial charge is 0.370 e. The molecule has 9 N–H and O–H groups in total. The molecular formula is C36H50N6O7. The molecule has 2 aromatic carbocycles. The first kappa shape index (κ1) is 40.3. The van der Waals surface area contributed by atoms with Gasteiger partial charge < -0.3 is 33.2 Å². The fraction of sp³-hybridized carbons (Fsp3) is 0.472. The van der Waals surface area contributed by atoms with E-state index in [0.29, 0.717) is 24.9 Å². The highest BCUT2D eigenvalue weighted by molar-refractivity contribution is 6.00. The van der Waals surface area contributed by atoms with Gasteiger partial charge in [-0.05, 0) is 49.4 Å². The Hall–Kier alpha value is -4.91. The van der Waals surface area contributed by atoms with Crippen LogP contribution in [0.4, 0.5) is 0 Å². The molecule has 5 atom stereocenters. The van der Waals surface area contributed by atoms with Gasteiger partial charge in [-0.2, -0.15) is 0 Å². The van der Waals surface area contributed by atoms with Gasteiger partial charge in [0.1, 0.15) is 6.04 Å². The molecule has 0 saturated carbocycles. The molecule has 1 unspecified atom stereocenters. The van der Waals surface area contributed by atoms with Crippen molar-refractivity contribution in [2.75, 3.05) is 6.54 Å². The number of unbranched alkanes of at least 4 members (excludes halogenated alkanes) is 1. The van der Waals surface area contributed by atoms with E-state index in [1.807, 2.05) is 30.3 Å². The predicted molar refractivity (Wildman–Crippen MR) is 184 cm³/mol. The summed E-state index contributed by atoms with van der Waals surface area (Å²) < 4.78 is 0. The topological polar surface area (TPSA) is 234 Å². The lowest BCUT2D eigenvalue weighted by Crippen LogP contribution is -2.50. The minimum absolute atomic E-state index is 0.186. The molecule has 0 aliphatic rings. The van der Waals surface area contributed by atoms with Crippen LogP contribution in [-0.2, 0) is 35.2 Å². The van der Waals surface area contributed by atoms with Gasteiger partial charge in [-0.25, -0.2) is 0 Å². The average molecular weight is 679 g/mol. The quantitative estimate of drug-likeness (QED) is 0.0992. The standard InChI is InChI=1S/C36H50N6O7/c1-22(2)32(33(39)46)42-34(47)23(3)18-29(43)28(21-31(38)45)41-36(49)26(16-10-11-17-37)20-30(44)27(19-24-12-6-4-7-13-24)40-35(48)25-14-8-5-9-15-25/h4-9,12-15,22-23,26-28,32H,10-11,16-21,37H2,1-3H3,(H2,38,45)(H2,39,46)(H,40,48)(H,41,49)(H,42,47)/t23?,26-,27+,28+,32+/m1/s1.